The standard InChI is InChI=1S/C41H42N4O7S/c46-29-30-9-11-33(12-10-30)40-26-38(28-43-21-23-44(24-22-43)36-17-19-37(20-18-36)45(47)48)51-41(52-40)34-15-13-32(14-16-34)35-6-4-5-31(25-35)27-42-53(49,50)39-7-2-1-3-8-39/h1-20,25,38,40-42,46H,21-24,26-29H2/t38-,40+,41+/m0/s1. The number of nitrogens with one attached hydrogen (secondary N) is 1. The van der Waals surface area contributed by atoms with Crippen molar-refractivity contribution in [1.29, 1.82) is 0 Å². The Bertz CT molecular complexity index is 2090. The molecule has 11 nitrogen and oxygen atoms in total. The third-order valence-electron chi connectivity index (χ3n) is 9.84. The van der Waals surface area contributed by atoms with E-state index in [9.17, 15) is 23.6 Å². The van der Waals surface area contributed by atoms with Crippen LogP contribution in [0.25, 0.3) is 11.1 Å². The van der Waals surface area contributed by atoms with E-state index < -0.39 is 16.3 Å². The van der Waals surface area contributed by atoms with Crippen molar-refractivity contribution in [3.8, 4) is 11.1 Å². The molecule has 0 spiro atoms. The van der Waals surface area contributed by atoms with Gasteiger partial charge in [0.1, 0.15) is 0 Å². The number of non-ortho nitro benzene ring substituents is 1. The number of aliphatic hydroxyl groups excluding tert-OH is 1. The van der Waals surface area contributed by atoms with Crippen LogP contribution in [0.4, 0.5) is 11.4 Å². The Morgan fingerprint density at radius 1 is 0.755 bits per heavy atom. The molecule has 5 aromatic rings. The molecular formula is C41H42N4O7S. The van der Waals surface area contributed by atoms with E-state index >= 15 is 0 Å². The molecule has 0 unspecified atom stereocenters. The Morgan fingerprint density at radius 2 is 1.45 bits per heavy atom. The summed E-state index contributed by atoms with van der Waals surface area (Å²) in [6.07, 6.45) is -0.219. The number of nitro groups is 1. The van der Waals surface area contributed by atoms with Crippen LogP contribution in [0, 0.1) is 10.1 Å². The van der Waals surface area contributed by atoms with Crippen molar-refractivity contribution < 1.29 is 27.9 Å². The van der Waals surface area contributed by atoms with Crippen LogP contribution in [0.2, 0.25) is 0 Å². The first-order valence-corrected chi connectivity index (χ1v) is 19.2. The normalized spacial score (nSPS) is 19.6. The van der Waals surface area contributed by atoms with E-state index in [1.807, 2.05) is 84.9 Å². The highest BCUT2D eigenvalue weighted by Gasteiger charge is 2.34. The van der Waals surface area contributed by atoms with Crippen LogP contribution < -0.4 is 9.62 Å². The summed E-state index contributed by atoms with van der Waals surface area (Å²) in [7, 11) is -3.63. The minimum absolute atomic E-state index is 0.0232. The van der Waals surface area contributed by atoms with E-state index in [1.165, 1.54) is 0 Å². The molecular weight excluding hydrogens is 693 g/mol. The van der Waals surface area contributed by atoms with E-state index in [0.29, 0.717) is 6.42 Å². The fraction of sp³-hybridized carbons (Fsp3) is 0.268. The molecule has 274 valence electrons. The summed E-state index contributed by atoms with van der Waals surface area (Å²) in [5.74, 6) is 0. The minimum atomic E-state index is -3.63. The van der Waals surface area contributed by atoms with Gasteiger partial charge >= 0.3 is 0 Å². The van der Waals surface area contributed by atoms with Crippen LogP contribution in [0.1, 0.15) is 41.1 Å². The third kappa shape index (κ3) is 8.99. The van der Waals surface area contributed by atoms with Gasteiger partial charge in [-0.25, -0.2) is 13.1 Å². The first-order chi connectivity index (χ1) is 25.7. The zero-order valence-corrected chi connectivity index (χ0v) is 30.0. The lowest BCUT2D eigenvalue weighted by atomic mass is 9.99. The van der Waals surface area contributed by atoms with E-state index in [2.05, 4.69) is 14.5 Å². The number of piperazine rings is 1. The van der Waals surface area contributed by atoms with Gasteiger partial charge in [0.25, 0.3) is 5.69 Å². The zero-order chi connectivity index (χ0) is 36.8. The fourth-order valence-corrected chi connectivity index (χ4v) is 7.89. The van der Waals surface area contributed by atoms with E-state index in [-0.39, 0.29) is 40.9 Å². The van der Waals surface area contributed by atoms with Crippen molar-refractivity contribution in [3.63, 3.8) is 0 Å². The van der Waals surface area contributed by atoms with E-state index in [1.54, 1.807) is 42.5 Å². The largest absolute Gasteiger partial charge is 0.392 e. The monoisotopic (exact) mass is 734 g/mol. The van der Waals surface area contributed by atoms with Crippen LogP contribution in [0.3, 0.4) is 0 Å². The molecule has 2 saturated heterocycles. The molecule has 5 aromatic carbocycles. The van der Waals surface area contributed by atoms with Crippen molar-refractivity contribution in [3.05, 3.63) is 160 Å². The maximum absolute atomic E-state index is 12.8. The van der Waals surface area contributed by atoms with Gasteiger partial charge in [-0.2, -0.15) is 0 Å². The highest BCUT2D eigenvalue weighted by atomic mass is 32.2. The number of nitro benzene ring substituents is 1. The second-order valence-electron chi connectivity index (χ2n) is 13.4. The summed E-state index contributed by atoms with van der Waals surface area (Å²) in [6.45, 7) is 4.15. The van der Waals surface area contributed by atoms with Crippen LogP contribution >= 0.6 is 0 Å². The number of benzene rings is 5. The predicted octanol–water partition coefficient (Wildman–Crippen LogP) is 6.60. The fourth-order valence-electron chi connectivity index (χ4n) is 6.85. The third-order valence-corrected chi connectivity index (χ3v) is 11.3. The average Bonchev–Trinajstić information content (AvgIpc) is 3.21. The molecule has 12 heteroatoms. The van der Waals surface area contributed by atoms with Gasteiger partial charge < -0.3 is 19.5 Å². The van der Waals surface area contributed by atoms with Gasteiger partial charge in [-0.3, -0.25) is 15.0 Å². The lowest BCUT2D eigenvalue weighted by molar-refractivity contribution is -0.384. The lowest BCUT2D eigenvalue weighted by Gasteiger charge is -2.41. The summed E-state index contributed by atoms with van der Waals surface area (Å²) in [6, 6.07) is 38.8. The number of ether oxygens (including phenoxy) is 2. The summed E-state index contributed by atoms with van der Waals surface area (Å²) < 4.78 is 41.4. The van der Waals surface area contributed by atoms with Crippen molar-refractivity contribution in [2.45, 2.75) is 43.0 Å². The van der Waals surface area contributed by atoms with Crippen molar-refractivity contribution in [2.75, 3.05) is 37.6 Å². The number of rotatable bonds is 12. The highest BCUT2D eigenvalue weighted by molar-refractivity contribution is 7.89. The maximum atomic E-state index is 12.8. The molecule has 3 atom stereocenters. The Labute approximate surface area is 309 Å². The molecule has 7 rings (SSSR count). The molecule has 2 heterocycles. The Morgan fingerprint density at radius 3 is 2.13 bits per heavy atom. The molecule has 2 N–H and O–H groups in total. The van der Waals surface area contributed by atoms with Crippen LogP contribution in [0.5, 0.6) is 0 Å². The quantitative estimate of drug-likeness (QED) is 0.107. The highest BCUT2D eigenvalue weighted by Crippen LogP contribution is 2.39. The minimum Gasteiger partial charge on any atom is -0.392 e. The average molecular weight is 735 g/mol. The van der Waals surface area contributed by atoms with Crippen LogP contribution in [-0.2, 0) is 32.6 Å². The van der Waals surface area contributed by atoms with E-state index in [4.69, 9.17) is 9.47 Å². The number of anilines is 1. The Kier molecular flexibility index (Phi) is 11.3. The van der Waals surface area contributed by atoms with Gasteiger partial charge in [0, 0.05) is 69.1 Å². The predicted molar refractivity (Wildman–Crippen MR) is 203 cm³/mol. The second-order valence-corrected chi connectivity index (χ2v) is 15.1. The molecule has 2 aliphatic rings. The molecule has 0 bridgehead atoms. The summed E-state index contributed by atoms with van der Waals surface area (Å²) in [5.41, 5.74) is 6.62. The SMILES string of the molecule is O=[N+]([O-])c1ccc(N2CCN(C[C@@H]3C[C@H](c4ccc(CO)cc4)O[C@H](c4ccc(-c5cccc(CNS(=O)(=O)c6ccccc6)c5)cc4)O3)CC2)cc1. The molecule has 0 aromatic heterocycles. The van der Waals surface area contributed by atoms with Crippen molar-refractivity contribution >= 4 is 21.4 Å². The number of aliphatic hydroxyl groups is 1. The van der Waals surface area contributed by atoms with Gasteiger partial charge in [0.2, 0.25) is 10.0 Å². The zero-order valence-electron chi connectivity index (χ0n) is 29.2. The van der Waals surface area contributed by atoms with Crippen molar-refractivity contribution in [1.82, 2.24) is 9.62 Å². The number of sulfonamides is 1. The molecule has 53 heavy (non-hydrogen) atoms. The van der Waals surface area contributed by atoms with Gasteiger partial charge in [-0.1, -0.05) is 84.9 Å². The topological polar surface area (TPSA) is 134 Å². The second kappa shape index (κ2) is 16.4. The molecule has 0 saturated carbocycles. The van der Waals surface area contributed by atoms with Crippen LogP contribution in [0.15, 0.2) is 132 Å². The van der Waals surface area contributed by atoms with Gasteiger partial charge in [-0.05, 0) is 58.1 Å². The molecule has 2 aliphatic heterocycles. The lowest BCUT2D eigenvalue weighted by Crippen LogP contribution is -2.49. The first-order valence-electron chi connectivity index (χ1n) is 17.7. The summed E-state index contributed by atoms with van der Waals surface area (Å²) >= 11 is 0. The smallest absolute Gasteiger partial charge is 0.269 e. The van der Waals surface area contributed by atoms with Gasteiger partial charge in [0.15, 0.2) is 6.29 Å². The van der Waals surface area contributed by atoms with Crippen LogP contribution in [-0.4, -0.2) is 62.2 Å². The molecule has 0 aliphatic carbocycles. The molecule has 0 amide bonds. The first kappa shape index (κ1) is 36.4. The van der Waals surface area contributed by atoms with E-state index in [0.717, 1.165) is 71.8 Å². The Hall–Kier alpha value is -4.95. The molecule has 0 radical (unpaired) electrons. The van der Waals surface area contributed by atoms with Gasteiger partial charge in [-0.15, -0.1) is 0 Å². The van der Waals surface area contributed by atoms with Crippen molar-refractivity contribution in [2.24, 2.45) is 0 Å². The molecule has 2 fully saturated rings. The number of nitrogens with zero attached hydrogens (tertiary/aromatic N) is 3. The number of hydrogen-bond acceptors (Lipinski definition) is 9. The Balaban J connectivity index is 1.02. The van der Waals surface area contributed by atoms with Gasteiger partial charge in [0.05, 0.1) is 28.6 Å². The maximum Gasteiger partial charge on any atom is 0.269 e. The summed E-state index contributed by atoms with van der Waals surface area (Å²) in [5, 5.41) is 20.7. The number of hydrogen-bond donors (Lipinski definition) is 2. The summed E-state index contributed by atoms with van der Waals surface area (Å²) in [4.78, 5) is 15.6.